The molecule has 3 aliphatic rings. The first-order valence-corrected chi connectivity index (χ1v) is 4.08. The predicted molar refractivity (Wildman–Crippen MR) is 38.7 cm³/mol. The van der Waals surface area contributed by atoms with Crippen molar-refractivity contribution < 1.29 is 4.79 Å². The first kappa shape index (κ1) is 6.35. The highest BCUT2D eigenvalue weighted by molar-refractivity contribution is 5.55. The van der Waals surface area contributed by atoms with E-state index in [9.17, 15) is 4.79 Å². The minimum Gasteiger partial charge on any atom is -0.303 e. The molecule has 3 heterocycles. The SMILES string of the molecule is O=C[C@H]1CN2CCC1CC2. The Balaban J connectivity index is 2.07. The highest BCUT2D eigenvalue weighted by Gasteiger charge is 2.33. The molecule has 0 aliphatic carbocycles. The van der Waals surface area contributed by atoms with Gasteiger partial charge in [0.1, 0.15) is 6.29 Å². The Hall–Kier alpha value is -0.370. The van der Waals surface area contributed by atoms with Crippen molar-refractivity contribution in [3.8, 4) is 0 Å². The van der Waals surface area contributed by atoms with Crippen LogP contribution in [0, 0.1) is 11.8 Å². The zero-order valence-corrected chi connectivity index (χ0v) is 6.12. The molecule has 3 saturated heterocycles. The molecule has 0 aromatic heterocycles. The molecule has 0 aromatic carbocycles. The summed E-state index contributed by atoms with van der Waals surface area (Å²) in [5, 5.41) is 0. The van der Waals surface area contributed by atoms with E-state index >= 15 is 0 Å². The Morgan fingerprint density at radius 2 is 2.00 bits per heavy atom. The molecular weight excluding hydrogens is 126 g/mol. The molecule has 10 heavy (non-hydrogen) atoms. The van der Waals surface area contributed by atoms with E-state index in [0.29, 0.717) is 5.92 Å². The van der Waals surface area contributed by atoms with Crippen molar-refractivity contribution in [1.29, 1.82) is 0 Å². The summed E-state index contributed by atoms with van der Waals surface area (Å²) >= 11 is 0. The van der Waals surface area contributed by atoms with Crippen LogP contribution in [-0.2, 0) is 4.79 Å². The molecule has 0 unspecified atom stereocenters. The Morgan fingerprint density at radius 1 is 1.30 bits per heavy atom. The molecule has 2 heteroatoms. The number of fused-ring (bicyclic) bond motifs is 3. The van der Waals surface area contributed by atoms with E-state index in [1.54, 1.807) is 0 Å². The fraction of sp³-hybridized carbons (Fsp3) is 0.875. The van der Waals surface area contributed by atoms with Gasteiger partial charge in [-0.05, 0) is 31.8 Å². The highest BCUT2D eigenvalue weighted by Crippen LogP contribution is 2.30. The quantitative estimate of drug-likeness (QED) is 0.494. The number of carbonyl (C=O) groups excluding carboxylic acids is 1. The third-order valence-corrected chi connectivity index (χ3v) is 2.88. The molecule has 3 aliphatic heterocycles. The van der Waals surface area contributed by atoms with Crippen LogP contribution in [0.4, 0.5) is 0 Å². The van der Waals surface area contributed by atoms with E-state index in [0.717, 1.165) is 18.7 Å². The molecule has 3 fully saturated rings. The number of hydrogen-bond donors (Lipinski definition) is 0. The molecule has 0 radical (unpaired) electrons. The summed E-state index contributed by atoms with van der Waals surface area (Å²) in [5.74, 6) is 1.09. The number of aldehydes is 1. The highest BCUT2D eigenvalue weighted by atomic mass is 16.1. The molecule has 0 spiro atoms. The molecule has 0 N–H and O–H groups in total. The van der Waals surface area contributed by atoms with Crippen molar-refractivity contribution in [3.63, 3.8) is 0 Å². The van der Waals surface area contributed by atoms with Gasteiger partial charge in [0.05, 0.1) is 0 Å². The van der Waals surface area contributed by atoms with Crippen molar-refractivity contribution in [2.24, 2.45) is 11.8 Å². The lowest BCUT2D eigenvalue weighted by Gasteiger charge is -2.42. The summed E-state index contributed by atoms with van der Waals surface area (Å²) in [6.45, 7) is 3.50. The first-order chi connectivity index (χ1) is 4.90. The van der Waals surface area contributed by atoms with Crippen molar-refractivity contribution in [2.45, 2.75) is 12.8 Å². The van der Waals surface area contributed by atoms with Gasteiger partial charge in [-0.15, -0.1) is 0 Å². The monoisotopic (exact) mass is 139 g/mol. The Bertz CT molecular complexity index is 138. The van der Waals surface area contributed by atoms with E-state index in [4.69, 9.17) is 0 Å². The average Bonchev–Trinajstić information content (AvgIpc) is 2.06. The first-order valence-electron chi connectivity index (χ1n) is 4.08. The fourth-order valence-corrected chi connectivity index (χ4v) is 2.17. The van der Waals surface area contributed by atoms with Gasteiger partial charge in [0.25, 0.3) is 0 Å². The molecule has 0 aromatic rings. The van der Waals surface area contributed by atoms with Crippen LogP contribution in [0.25, 0.3) is 0 Å². The van der Waals surface area contributed by atoms with E-state index in [-0.39, 0.29) is 0 Å². The Morgan fingerprint density at radius 3 is 2.30 bits per heavy atom. The normalized spacial score (nSPS) is 45.4. The minimum absolute atomic E-state index is 0.363. The molecule has 3 rings (SSSR count). The van der Waals surface area contributed by atoms with Gasteiger partial charge in [-0.1, -0.05) is 0 Å². The Labute approximate surface area is 61.2 Å². The lowest BCUT2D eigenvalue weighted by molar-refractivity contribution is -0.116. The zero-order chi connectivity index (χ0) is 6.97. The summed E-state index contributed by atoms with van der Waals surface area (Å²) in [7, 11) is 0. The lowest BCUT2D eigenvalue weighted by atomic mass is 9.80. The molecule has 56 valence electrons. The number of carbonyl (C=O) groups is 1. The van der Waals surface area contributed by atoms with Crippen LogP contribution in [0.3, 0.4) is 0 Å². The van der Waals surface area contributed by atoms with Gasteiger partial charge >= 0.3 is 0 Å². The van der Waals surface area contributed by atoms with Gasteiger partial charge in [-0.3, -0.25) is 0 Å². The van der Waals surface area contributed by atoms with Crippen LogP contribution in [0.5, 0.6) is 0 Å². The van der Waals surface area contributed by atoms with Crippen LogP contribution in [0.1, 0.15) is 12.8 Å². The summed E-state index contributed by atoms with van der Waals surface area (Å²) < 4.78 is 0. The van der Waals surface area contributed by atoms with Crippen LogP contribution >= 0.6 is 0 Å². The van der Waals surface area contributed by atoms with Crippen molar-refractivity contribution in [3.05, 3.63) is 0 Å². The topological polar surface area (TPSA) is 20.3 Å². The number of piperidine rings is 3. The fourth-order valence-electron chi connectivity index (χ4n) is 2.17. The number of rotatable bonds is 1. The van der Waals surface area contributed by atoms with E-state index in [2.05, 4.69) is 4.90 Å². The van der Waals surface area contributed by atoms with E-state index < -0.39 is 0 Å². The van der Waals surface area contributed by atoms with Gasteiger partial charge in [0, 0.05) is 12.5 Å². The molecule has 0 saturated carbocycles. The summed E-state index contributed by atoms with van der Waals surface area (Å²) in [6.07, 6.45) is 3.66. The largest absolute Gasteiger partial charge is 0.303 e. The molecule has 2 bridgehead atoms. The number of nitrogens with zero attached hydrogens (tertiary/aromatic N) is 1. The maximum Gasteiger partial charge on any atom is 0.124 e. The molecule has 2 nitrogen and oxygen atoms in total. The average molecular weight is 139 g/mol. The smallest absolute Gasteiger partial charge is 0.124 e. The van der Waals surface area contributed by atoms with Crippen molar-refractivity contribution >= 4 is 6.29 Å². The van der Waals surface area contributed by atoms with Crippen LogP contribution in [0.15, 0.2) is 0 Å². The van der Waals surface area contributed by atoms with Gasteiger partial charge in [-0.25, -0.2) is 0 Å². The summed E-state index contributed by atoms with van der Waals surface area (Å²) in [5.41, 5.74) is 0. The number of hydrogen-bond acceptors (Lipinski definition) is 2. The second kappa shape index (κ2) is 2.35. The van der Waals surface area contributed by atoms with Crippen LogP contribution in [0.2, 0.25) is 0 Å². The van der Waals surface area contributed by atoms with Crippen LogP contribution in [-0.4, -0.2) is 30.8 Å². The maximum absolute atomic E-state index is 10.5. The summed E-state index contributed by atoms with van der Waals surface area (Å²) in [4.78, 5) is 12.9. The lowest BCUT2D eigenvalue weighted by Crippen LogP contribution is -2.47. The standard InChI is InChI=1S/C8H13NO/c10-6-8-5-9-3-1-7(8)2-4-9/h6-8H,1-5H2/t8-/m1/s1. The molecule has 1 atom stereocenters. The van der Waals surface area contributed by atoms with Gasteiger partial charge in [0.15, 0.2) is 0 Å². The minimum atomic E-state index is 0.363. The third kappa shape index (κ3) is 0.870. The third-order valence-electron chi connectivity index (χ3n) is 2.88. The second-order valence-electron chi connectivity index (χ2n) is 3.44. The van der Waals surface area contributed by atoms with Crippen molar-refractivity contribution in [1.82, 2.24) is 4.90 Å². The van der Waals surface area contributed by atoms with Gasteiger partial charge in [0.2, 0.25) is 0 Å². The van der Waals surface area contributed by atoms with Gasteiger partial charge in [-0.2, -0.15) is 0 Å². The Kier molecular flexibility index (Phi) is 1.49. The van der Waals surface area contributed by atoms with E-state index in [1.807, 2.05) is 0 Å². The second-order valence-corrected chi connectivity index (χ2v) is 3.44. The van der Waals surface area contributed by atoms with Crippen molar-refractivity contribution in [2.75, 3.05) is 19.6 Å². The van der Waals surface area contributed by atoms with Gasteiger partial charge < -0.3 is 9.69 Å². The maximum atomic E-state index is 10.5. The zero-order valence-electron chi connectivity index (χ0n) is 6.12. The molecular formula is C8H13NO. The summed E-state index contributed by atoms with van der Waals surface area (Å²) in [6, 6.07) is 0. The van der Waals surface area contributed by atoms with E-state index in [1.165, 1.54) is 25.9 Å². The molecule has 0 amide bonds. The predicted octanol–water partition coefficient (Wildman–Crippen LogP) is 0.527. The van der Waals surface area contributed by atoms with Crippen LogP contribution < -0.4 is 0 Å².